The predicted molar refractivity (Wildman–Crippen MR) is 80.0 cm³/mol. The third kappa shape index (κ3) is 3.35. The SMILES string of the molecule is COC(C(O)Cc1c(C)nn(C)c1Cl)C1CCCCC1. The van der Waals surface area contributed by atoms with Gasteiger partial charge in [0.1, 0.15) is 5.15 Å². The number of aliphatic hydroxyl groups excluding tert-OH is 1. The van der Waals surface area contributed by atoms with Gasteiger partial charge in [0, 0.05) is 26.1 Å². The van der Waals surface area contributed by atoms with Crippen LogP contribution in [0.15, 0.2) is 0 Å². The van der Waals surface area contributed by atoms with E-state index < -0.39 is 6.10 Å². The topological polar surface area (TPSA) is 47.3 Å². The Morgan fingerprint density at radius 1 is 1.40 bits per heavy atom. The Hall–Kier alpha value is -0.580. The Kier molecular flexibility index (Phi) is 5.47. The van der Waals surface area contributed by atoms with E-state index in [-0.39, 0.29) is 6.10 Å². The molecule has 0 aromatic carbocycles. The molecule has 1 saturated carbocycles. The van der Waals surface area contributed by atoms with Crippen LogP contribution in [0.2, 0.25) is 5.15 Å². The fourth-order valence-electron chi connectivity index (χ4n) is 3.36. The number of rotatable bonds is 5. The van der Waals surface area contributed by atoms with Crippen molar-refractivity contribution < 1.29 is 9.84 Å². The van der Waals surface area contributed by atoms with Crippen LogP contribution in [0.1, 0.15) is 43.4 Å². The molecule has 2 atom stereocenters. The van der Waals surface area contributed by atoms with Gasteiger partial charge in [-0.3, -0.25) is 4.68 Å². The van der Waals surface area contributed by atoms with Crippen molar-refractivity contribution >= 4 is 11.6 Å². The first kappa shape index (κ1) is 15.8. The van der Waals surface area contributed by atoms with E-state index in [9.17, 15) is 5.11 Å². The van der Waals surface area contributed by atoms with Gasteiger partial charge in [0.25, 0.3) is 0 Å². The lowest BCUT2D eigenvalue weighted by Gasteiger charge is -2.32. The first-order valence-corrected chi connectivity index (χ1v) is 7.81. The number of aryl methyl sites for hydroxylation is 2. The maximum atomic E-state index is 10.6. The lowest BCUT2D eigenvalue weighted by molar-refractivity contribution is -0.0536. The minimum atomic E-state index is -0.525. The predicted octanol–water partition coefficient (Wildman–Crippen LogP) is 2.88. The average Bonchev–Trinajstić information content (AvgIpc) is 2.67. The molecule has 4 nitrogen and oxygen atoms in total. The van der Waals surface area contributed by atoms with E-state index in [0.29, 0.717) is 17.5 Å². The summed E-state index contributed by atoms with van der Waals surface area (Å²) in [7, 11) is 3.51. The van der Waals surface area contributed by atoms with Crippen molar-refractivity contribution in [1.29, 1.82) is 0 Å². The molecule has 1 aromatic rings. The molecule has 1 aliphatic carbocycles. The second-order valence-electron chi connectivity index (χ2n) is 5.85. The van der Waals surface area contributed by atoms with Crippen molar-refractivity contribution in [2.24, 2.45) is 13.0 Å². The van der Waals surface area contributed by atoms with Crippen LogP contribution >= 0.6 is 11.6 Å². The van der Waals surface area contributed by atoms with Crippen molar-refractivity contribution in [2.75, 3.05) is 7.11 Å². The first-order chi connectivity index (χ1) is 9.54. The number of ether oxygens (including phenoxy) is 1. The fourth-order valence-corrected chi connectivity index (χ4v) is 3.61. The van der Waals surface area contributed by atoms with Gasteiger partial charge in [0.05, 0.1) is 17.9 Å². The molecule has 2 unspecified atom stereocenters. The summed E-state index contributed by atoms with van der Waals surface area (Å²) < 4.78 is 7.24. The molecule has 5 heteroatoms. The van der Waals surface area contributed by atoms with Crippen molar-refractivity contribution in [1.82, 2.24) is 9.78 Å². The molecule has 0 saturated heterocycles. The Morgan fingerprint density at radius 3 is 2.55 bits per heavy atom. The molecular weight excluding hydrogens is 276 g/mol. The Bertz CT molecular complexity index is 441. The van der Waals surface area contributed by atoms with Crippen LogP contribution in [-0.4, -0.2) is 34.2 Å². The van der Waals surface area contributed by atoms with E-state index >= 15 is 0 Å². The van der Waals surface area contributed by atoms with Gasteiger partial charge in [-0.15, -0.1) is 0 Å². The van der Waals surface area contributed by atoms with Crippen LogP contribution in [0.4, 0.5) is 0 Å². The van der Waals surface area contributed by atoms with E-state index in [1.165, 1.54) is 19.3 Å². The van der Waals surface area contributed by atoms with Gasteiger partial charge in [-0.2, -0.15) is 5.10 Å². The summed E-state index contributed by atoms with van der Waals surface area (Å²) in [5.41, 5.74) is 1.81. The number of aliphatic hydroxyl groups is 1. The monoisotopic (exact) mass is 300 g/mol. The van der Waals surface area contributed by atoms with E-state index in [2.05, 4.69) is 5.10 Å². The lowest BCUT2D eigenvalue weighted by atomic mass is 9.82. The van der Waals surface area contributed by atoms with Crippen LogP contribution in [0.5, 0.6) is 0 Å². The number of hydrogen-bond acceptors (Lipinski definition) is 3. The van der Waals surface area contributed by atoms with E-state index in [0.717, 1.165) is 24.1 Å². The molecule has 0 radical (unpaired) electrons. The minimum Gasteiger partial charge on any atom is -0.390 e. The van der Waals surface area contributed by atoms with Crippen molar-refractivity contribution in [2.45, 2.75) is 57.7 Å². The van der Waals surface area contributed by atoms with Crippen molar-refractivity contribution in [3.05, 3.63) is 16.4 Å². The average molecular weight is 301 g/mol. The van der Waals surface area contributed by atoms with Crippen molar-refractivity contribution in [3.8, 4) is 0 Å². The van der Waals surface area contributed by atoms with Crippen molar-refractivity contribution in [3.63, 3.8) is 0 Å². The Morgan fingerprint density at radius 2 is 2.05 bits per heavy atom. The minimum absolute atomic E-state index is 0.106. The second-order valence-corrected chi connectivity index (χ2v) is 6.21. The summed E-state index contributed by atoms with van der Waals surface area (Å²) >= 11 is 6.24. The number of nitrogens with zero attached hydrogens (tertiary/aromatic N) is 2. The highest BCUT2D eigenvalue weighted by Crippen LogP contribution is 2.31. The summed E-state index contributed by atoms with van der Waals surface area (Å²) in [5, 5.41) is 15.5. The molecule has 0 aliphatic heterocycles. The van der Waals surface area contributed by atoms with Crippen LogP contribution in [-0.2, 0) is 18.2 Å². The molecule has 0 amide bonds. The molecule has 0 bridgehead atoms. The zero-order valence-corrected chi connectivity index (χ0v) is 13.4. The smallest absolute Gasteiger partial charge is 0.130 e. The van der Waals surface area contributed by atoms with E-state index in [4.69, 9.17) is 16.3 Å². The molecule has 2 rings (SSSR count). The third-order valence-corrected chi connectivity index (χ3v) is 4.92. The fraction of sp³-hybridized carbons (Fsp3) is 0.800. The first-order valence-electron chi connectivity index (χ1n) is 7.43. The Labute approximate surface area is 126 Å². The zero-order chi connectivity index (χ0) is 14.7. The summed E-state index contributed by atoms with van der Waals surface area (Å²) in [6.45, 7) is 1.93. The lowest BCUT2D eigenvalue weighted by Crippen LogP contribution is -2.37. The summed E-state index contributed by atoms with van der Waals surface area (Å²) in [5.74, 6) is 0.458. The maximum Gasteiger partial charge on any atom is 0.130 e. The van der Waals surface area contributed by atoms with Gasteiger partial charge in [0.2, 0.25) is 0 Å². The van der Waals surface area contributed by atoms with Gasteiger partial charge >= 0.3 is 0 Å². The Balaban J connectivity index is 2.06. The van der Waals surface area contributed by atoms with E-state index in [1.807, 2.05) is 14.0 Å². The molecule has 1 N–H and O–H groups in total. The van der Waals surface area contributed by atoms with Gasteiger partial charge in [-0.1, -0.05) is 30.9 Å². The summed E-state index contributed by atoms with van der Waals surface area (Å²) in [6.07, 6.45) is 5.96. The molecule has 114 valence electrons. The summed E-state index contributed by atoms with van der Waals surface area (Å²) in [4.78, 5) is 0. The van der Waals surface area contributed by atoms with Gasteiger partial charge in [-0.25, -0.2) is 0 Å². The van der Waals surface area contributed by atoms with Crippen LogP contribution in [0.25, 0.3) is 0 Å². The number of halogens is 1. The number of methoxy groups -OCH3 is 1. The zero-order valence-electron chi connectivity index (χ0n) is 12.6. The highest BCUT2D eigenvalue weighted by molar-refractivity contribution is 6.30. The highest BCUT2D eigenvalue weighted by atomic mass is 35.5. The molecule has 1 aromatic heterocycles. The molecule has 20 heavy (non-hydrogen) atoms. The molecule has 0 spiro atoms. The largest absolute Gasteiger partial charge is 0.390 e. The summed E-state index contributed by atoms with van der Waals surface area (Å²) in [6, 6.07) is 0. The normalized spacial score (nSPS) is 20.1. The number of hydrogen-bond donors (Lipinski definition) is 1. The van der Waals surface area contributed by atoms with Crippen LogP contribution in [0.3, 0.4) is 0 Å². The van der Waals surface area contributed by atoms with Gasteiger partial charge in [-0.05, 0) is 25.7 Å². The number of aromatic nitrogens is 2. The molecule has 1 fully saturated rings. The standard InChI is InChI=1S/C15H25ClN2O2/c1-10-12(15(16)18(2)17-10)9-13(19)14(20-3)11-7-5-4-6-8-11/h11,13-14,19H,4-9H2,1-3H3. The molecule has 1 heterocycles. The molecular formula is C15H25ClN2O2. The van der Waals surface area contributed by atoms with Crippen LogP contribution < -0.4 is 0 Å². The molecule has 1 aliphatic rings. The maximum absolute atomic E-state index is 10.6. The quantitative estimate of drug-likeness (QED) is 0.909. The van der Waals surface area contributed by atoms with E-state index in [1.54, 1.807) is 11.8 Å². The van der Waals surface area contributed by atoms with Gasteiger partial charge < -0.3 is 9.84 Å². The van der Waals surface area contributed by atoms with Crippen LogP contribution in [0, 0.1) is 12.8 Å². The third-order valence-electron chi connectivity index (χ3n) is 4.45. The van der Waals surface area contributed by atoms with Gasteiger partial charge in [0.15, 0.2) is 0 Å². The second kappa shape index (κ2) is 6.92. The highest BCUT2D eigenvalue weighted by Gasteiger charge is 2.30.